The van der Waals surface area contributed by atoms with Crippen LogP contribution in [0.3, 0.4) is 0 Å². The zero-order valence-electron chi connectivity index (χ0n) is 10.5. The van der Waals surface area contributed by atoms with Gasteiger partial charge in [-0.3, -0.25) is 0 Å². The van der Waals surface area contributed by atoms with Crippen LogP contribution in [0, 0.1) is 0 Å². The summed E-state index contributed by atoms with van der Waals surface area (Å²) in [7, 11) is 0. The van der Waals surface area contributed by atoms with E-state index in [0.29, 0.717) is 0 Å². The van der Waals surface area contributed by atoms with Crippen LogP contribution in [-0.2, 0) is 6.42 Å². The zero-order valence-corrected chi connectivity index (χ0v) is 12.1. The Morgan fingerprint density at radius 1 is 1.33 bits per heavy atom. The molecule has 1 aromatic carbocycles. The number of benzene rings is 1. The summed E-state index contributed by atoms with van der Waals surface area (Å²) in [5.41, 5.74) is 2.13. The van der Waals surface area contributed by atoms with E-state index in [9.17, 15) is 0 Å². The molecule has 96 valence electrons. The highest BCUT2D eigenvalue weighted by Crippen LogP contribution is 2.31. The van der Waals surface area contributed by atoms with Crippen molar-refractivity contribution in [1.82, 2.24) is 14.9 Å². The Morgan fingerprint density at radius 2 is 2.11 bits per heavy atom. The summed E-state index contributed by atoms with van der Waals surface area (Å²) in [6.07, 6.45) is 0.887. The number of nitrogens with zero attached hydrogens (tertiary/aromatic N) is 2. The van der Waals surface area contributed by atoms with Crippen molar-refractivity contribution in [3.05, 3.63) is 45.4 Å². The molecule has 0 saturated carbocycles. The first-order valence-corrected chi connectivity index (χ1v) is 7.22. The lowest BCUT2D eigenvalue weighted by atomic mass is 10.0. The largest absolute Gasteiger partial charge is 0.306 e. The third-order valence-corrected chi connectivity index (χ3v) is 3.98. The minimum absolute atomic E-state index is 0.0821. The van der Waals surface area contributed by atoms with Gasteiger partial charge in [-0.1, -0.05) is 48.1 Å². The number of aryl methyl sites for hydroxylation is 1. The molecule has 0 aliphatic heterocycles. The molecule has 1 heterocycles. The highest BCUT2D eigenvalue weighted by Gasteiger charge is 2.21. The van der Waals surface area contributed by atoms with Crippen molar-refractivity contribution in [2.24, 2.45) is 0 Å². The molecule has 5 heteroatoms. The van der Waals surface area contributed by atoms with Crippen molar-refractivity contribution < 1.29 is 0 Å². The predicted octanol–water partition coefficient (Wildman–Crippen LogP) is 3.45. The van der Waals surface area contributed by atoms with Gasteiger partial charge in [0.2, 0.25) is 0 Å². The second-order valence-corrected chi connectivity index (χ2v) is 5.14. The molecule has 0 saturated heterocycles. The summed E-state index contributed by atoms with van der Waals surface area (Å²) >= 11 is 7.73. The Balaban J connectivity index is 2.43. The standard InChI is InChI=1S/C13H16ClN3S/c1-3-11-13(18-17-16-11)12(15-4-2)9-7-5-6-8-10(9)14/h5-8,12,15H,3-4H2,1-2H3. The summed E-state index contributed by atoms with van der Waals surface area (Å²) in [4.78, 5) is 1.16. The highest BCUT2D eigenvalue weighted by molar-refractivity contribution is 7.05. The van der Waals surface area contributed by atoms with Gasteiger partial charge in [0.15, 0.2) is 0 Å². The van der Waals surface area contributed by atoms with Crippen LogP contribution in [0.1, 0.15) is 36.0 Å². The van der Waals surface area contributed by atoms with Crippen molar-refractivity contribution in [3.8, 4) is 0 Å². The third kappa shape index (κ3) is 2.71. The first-order chi connectivity index (χ1) is 8.77. The van der Waals surface area contributed by atoms with Crippen molar-refractivity contribution in [1.29, 1.82) is 0 Å². The molecule has 0 spiro atoms. The van der Waals surface area contributed by atoms with Gasteiger partial charge in [0, 0.05) is 5.02 Å². The molecule has 3 nitrogen and oxygen atoms in total. The molecule has 18 heavy (non-hydrogen) atoms. The second-order valence-electron chi connectivity index (χ2n) is 3.95. The molecule has 1 atom stereocenters. The molecule has 0 radical (unpaired) electrons. The van der Waals surface area contributed by atoms with Crippen LogP contribution in [0.5, 0.6) is 0 Å². The van der Waals surface area contributed by atoms with Crippen molar-refractivity contribution in [3.63, 3.8) is 0 Å². The molecule has 2 rings (SSSR count). The molecular weight excluding hydrogens is 266 g/mol. The average molecular weight is 282 g/mol. The van der Waals surface area contributed by atoms with Crippen LogP contribution in [0.4, 0.5) is 0 Å². The van der Waals surface area contributed by atoms with E-state index in [4.69, 9.17) is 11.6 Å². The van der Waals surface area contributed by atoms with Crippen LogP contribution in [0.25, 0.3) is 0 Å². The maximum Gasteiger partial charge on any atom is 0.0804 e. The normalized spacial score (nSPS) is 12.6. The molecular formula is C13H16ClN3S. The number of rotatable bonds is 5. The van der Waals surface area contributed by atoms with Crippen LogP contribution in [0.2, 0.25) is 5.02 Å². The van der Waals surface area contributed by atoms with E-state index in [1.165, 1.54) is 11.5 Å². The number of nitrogens with one attached hydrogen (secondary N) is 1. The van der Waals surface area contributed by atoms with E-state index in [2.05, 4.69) is 34.8 Å². The summed E-state index contributed by atoms with van der Waals surface area (Å²) in [6.45, 7) is 5.05. The molecule has 0 fully saturated rings. The average Bonchev–Trinajstić information content (AvgIpc) is 2.85. The smallest absolute Gasteiger partial charge is 0.0804 e. The Hall–Kier alpha value is -0.970. The number of aromatic nitrogens is 2. The molecule has 0 amide bonds. The Labute approximate surface area is 116 Å². The van der Waals surface area contributed by atoms with Crippen molar-refractivity contribution >= 4 is 23.1 Å². The summed E-state index contributed by atoms with van der Waals surface area (Å²) in [6, 6.07) is 8.00. The van der Waals surface area contributed by atoms with Gasteiger partial charge in [0.1, 0.15) is 0 Å². The number of hydrogen-bond acceptors (Lipinski definition) is 4. The fourth-order valence-corrected chi connectivity index (χ4v) is 3.02. The molecule has 0 bridgehead atoms. The molecule has 1 aromatic heterocycles. The van der Waals surface area contributed by atoms with E-state index in [-0.39, 0.29) is 6.04 Å². The molecule has 1 N–H and O–H groups in total. The van der Waals surface area contributed by atoms with E-state index < -0.39 is 0 Å². The van der Waals surface area contributed by atoms with Crippen LogP contribution in [0.15, 0.2) is 24.3 Å². The van der Waals surface area contributed by atoms with Crippen molar-refractivity contribution in [2.45, 2.75) is 26.3 Å². The van der Waals surface area contributed by atoms with Gasteiger partial charge in [-0.25, -0.2) is 0 Å². The van der Waals surface area contributed by atoms with E-state index in [0.717, 1.165) is 34.1 Å². The summed E-state index contributed by atoms with van der Waals surface area (Å²) in [5.74, 6) is 0. The SMILES string of the molecule is CCNC(c1ccccc1Cl)c1snnc1CC. The minimum atomic E-state index is 0.0821. The Kier molecular flexibility index (Phi) is 4.69. The van der Waals surface area contributed by atoms with E-state index in [1.54, 1.807) is 0 Å². The van der Waals surface area contributed by atoms with Gasteiger partial charge in [0.25, 0.3) is 0 Å². The quantitative estimate of drug-likeness (QED) is 0.912. The fraction of sp³-hybridized carbons (Fsp3) is 0.385. The maximum absolute atomic E-state index is 6.29. The van der Waals surface area contributed by atoms with E-state index in [1.807, 2.05) is 18.2 Å². The maximum atomic E-state index is 6.29. The number of halogens is 1. The first-order valence-electron chi connectivity index (χ1n) is 6.06. The molecule has 1 unspecified atom stereocenters. The fourth-order valence-electron chi connectivity index (χ4n) is 1.94. The van der Waals surface area contributed by atoms with Gasteiger partial charge < -0.3 is 5.32 Å². The van der Waals surface area contributed by atoms with E-state index >= 15 is 0 Å². The van der Waals surface area contributed by atoms with Crippen molar-refractivity contribution in [2.75, 3.05) is 6.54 Å². The molecule has 2 aromatic rings. The summed E-state index contributed by atoms with van der Waals surface area (Å²) in [5, 5.41) is 8.42. The molecule has 0 aliphatic rings. The summed E-state index contributed by atoms with van der Waals surface area (Å²) < 4.78 is 4.06. The predicted molar refractivity (Wildman–Crippen MR) is 76.3 cm³/mol. The van der Waals surface area contributed by atoms with Crippen LogP contribution < -0.4 is 5.32 Å². The van der Waals surface area contributed by atoms with Crippen LogP contribution >= 0.6 is 23.1 Å². The van der Waals surface area contributed by atoms with Gasteiger partial charge in [0.05, 0.1) is 16.6 Å². The molecule has 0 aliphatic carbocycles. The minimum Gasteiger partial charge on any atom is -0.306 e. The lowest BCUT2D eigenvalue weighted by molar-refractivity contribution is 0.633. The Bertz CT molecular complexity index is 512. The first kappa shape index (κ1) is 13.5. The second kappa shape index (κ2) is 6.27. The topological polar surface area (TPSA) is 37.8 Å². The van der Waals surface area contributed by atoms with Gasteiger partial charge >= 0.3 is 0 Å². The lowest BCUT2D eigenvalue weighted by Gasteiger charge is -2.18. The monoisotopic (exact) mass is 281 g/mol. The number of hydrogen-bond donors (Lipinski definition) is 1. The van der Waals surface area contributed by atoms with Crippen LogP contribution in [-0.4, -0.2) is 16.1 Å². The van der Waals surface area contributed by atoms with Gasteiger partial charge in [-0.2, -0.15) is 0 Å². The highest BCUT2D eigenvalue weighted by atomic mass is 35.5. The van der Waals surface area contributed by atoms with Gasteiger partial charge in [-0.05, 0) is 36.1 Å². The third-order valence-electron chi connectivity index (χ3n) is 2.81. The van der Waals surface area contributed by atoms with Gasteiger partial charge in [-0.15, -0.1) is 5.10 Å². The Morgan fingerprint density at radius 3 is 2.78 bits per heavy atom. The lowest BCUT2D eigenvalue weighted by Crippen LogP contribution is -2.22. The zero-order chi connectivity index (χ0) is 13.0.